The van der Waals surface area contributed by atoms with Crippen LogP contribution in [0.5, 0.6) is 0 Å². The Morgan fingerprint density at radius 3 is 3.10 bits per heavy atom. The second-order valence-corrected chi connectivity index (χ2v) is 6.11. The third-order valence-corrected chi connectivity index (χ3v) is 4.56. The Morgan fingerprint density at radius 1 is 1.38 bits per heavy atom. The van der Waals surface area contributed by atoms with Gasteiger partial charge in [-0.05, 0) is 49.7 Å². The van der Waals surface area contributed by atoms with E-state index in [2.05, 4.69) is 27.7 Å². The monoisotopic (exact) mass is 286 g/mol. The Labute approximate surface area is 125 Å². The molecule has 1 N–H and O–H groups in total. The zero-order valence-corrected chi connectivity index (χ0v) is 12.3. The van der Waals surface area contributed by atoms with E-state index >= 15 is 0 Å². The van der Waals surface area contributed by atoms with Gasteiger partial charge in [-0.2, -0.15) is 10.2 Å². The zero-order chi connectivity index (χ0) is 14.5. The van der Waals surface area contributed by atoms with Crippen LogP contribution in [0.4, 0.5) is 4.79 Å². The van der Waals surface area contributed by atoms with E-state index in [9.17, 15) is 4.79 Å². The molecule has 1 aliphatic heterocycles. The summed E-state index contributed by atoms with van der Waals surface area (Å²) in [5.74, 6) is 0. The molecule has 0 saturated carbocycles. The van der Waals surface area contributed by atoms with Crippen LogP contribution in [0.25, 0.3) is 0 Å². The third-order valence-electron chi connectivity index (χ3n) is 4.56. The van der Waals surface area contributed by atoms with Crippen molar-refractivity contribution >= 4 is 6.03 Å². The SMILES string of the molecule is O=C(NCc1cccnn1)N1CCCC2(CC=CCC2)C1. The van der Waals surface area contributed by atoms with Crippen LogP contribution >= 0.6 is 0 Å². The molecule has 0 bridgehead atoms. The molecule has 1 fully saturated rings. The highest BCUT2D eigenvalue weighted by atomic mass is 16.2. The van der Waals surface area contributed by atoms with Gasteiger partial charge in [0.15, 0.2) is 0 Å². The molecule has 21 heavy (non-hydrogen) atoms. The van der Waals surface area contributed by atoms with Gasteiger partial charge in [-0.3, -0.25) is 0 Å². The number of piperidine rings is 1. The normalized spacial score (nSPS) is 25.0. The molecule has 2 aliphatic rings. The van der Waals surface area contributed by atoms with Crippen LogP contribution in [0.3, 0.4) is 0 Å². The fourth-order valence-corrected chi connectivity index (χ4v) is 3.40. The van der Waals surface area contributed by atoms with Gasteiger partial charge in [0, 0.05) is 19.3 Å². The molecule has 0 radical (unpaired) electrons. The van der Waals surface area contributed by atoms with Crippen LogP contribution < -0.4 is 5.32 Å². The minimum atomic E-state index is 0.0225. The van der Waals surface area contributed by atoms with Crippen molar-refractivity contribution in [2.75, 3.05) is 13.1 Å². The summed E-state index contributed by atoms with van der Waals surface area (Å²) in [6, 6.07) is 3.73. The second kappa shape index (κ2) is 6.24. The Kier molecular flexibility index (Phi) is 4.18. The smallest absolute Gasteiger partial charge is 0.317 e. The number of amides is 2. The Hall–Kier alpha value is -1.91. The lowest BCUT2D eigenvalue weighted by Gasteiger charge is -2.43. The molecule has 1 aliphatic carbocycles. The lowest BCUT2D eigenvalue weighted by molar-refractivity contribution is 0.0958. The van der Waals surface area contributed by atoms with Gasteiger partial charge in [-0.1, -0.05) is 12.2 Å². The fraction of sp³-hybridized carbons (Fsp3) is 0.562. The van der Waals surface area contributed by atoms with Gasteiger partial charge in [-0.25, -0.2) is 4.79 Å². The summed E-state index contributed by atoms with van der Waals surface area (Å²) < 4.78 is 0. The van der Waals surface area contributed by atoms with E-state index in [0.717, 1.165) is 38.0 Å². The van der Waals surface area contributed by atoms with Crippen LogP contribution in [0.1, 0.15) is 37.8 Å². The largest absolute Gasteiger partial charge is 0.332 e. The predicted octanol–water partition coefficient (Wildman–Crippen LogP) is 2.51. The van der Waals surface area contributed by atoms with E-state index < -0.39 is 0 Å². The number of hydrogen-bond donors (Lipinski definition) is 1. The summed E-state index contributed by atoms with van der Waals surface area (Å²) in [5.41, 5.74) is 1.11. The Balaban J connectivity index is 1.56. The number of carbonyl (C=O) groups excluding carboxylic acids is 1. The first kappa shape index (κ1) is 14.0. The van der Waals surface area contributed by atoms with E-state index in [4.69, 9.17) is 0 Å². The molecule has 0 aromatic carbocycles. The average molecular weight is 286 g/mol. The van der Waals surface area contributed by atoms with Crippen molar-refractivity contribution in [2.24, 2.45) is 5.41 Å². The summed E-state index contributed by atoms with van der Waals surface area (Å²) in [6.07, 6.45) is 12.0. The van der Waals surface area contributed by atoms with Crippen molar-refractivity contribution in [1.29, 1.82) is 0 Å². The molecule has 112 valence electrons. The van der Waals surface area contributed by atoms with E-state index in [1.807, 2.05) is 17.0 Å². The van der Waals surface area contributed by atoms with Gasteiger partial charge in [0.1, 0.15) is 0 Å². The van der Waals surface area contributed by atoms with Crippen molar-refractivity contribution in [3.8, 4) is 0 Å². The maximum atomic E-state index is 12.3. The van der Waals surface area contributed by atoms with Gasteiger partial charge < -0.3 is 10.2 Å². The molecule has 1 atom stereocenters. The molecule has 1 spiro atoms. The second-order valence-electron chi connectivity index (χ2n) is 6.11. The summed E-state index contributed by atoms with van der Waals surface area (Å²) in [4.78, 5) is 14.3. The van der Waals surface area contributed by atoms with E-state index in [-0.39, 0.29) is 6.03 Å². The minimum Gasteiger partial charge on any atom is -0.332 e. The number of likely N-dealkylation sites (tertiary alicyclic amines) is 1. The standard InChI is InChI=1S/C16H22N4O/c21-15(17-12-14-6-4-10-18-19-14)20-11-5-9-16(13-20)7-2-1-3-8-16/h1-2,4,6,10H,3,5,7-9,11-13H2,(H,17,21). The van der Waals surface area contributed by atoms with Crippen molar-refractivity contribution in [3.63, 3.8) is 0 Å². The van der Waals surface area contributed by atoms with E-state index in [1.165, 1.54) is 12.8 Å². The van der Waals surface area contributed by atoms with Gasteiger partial charge in [0.25, 0.3) is 0 Å². The molecule has 5 nitrogen and oxygen atoms in total. The van der Waals surface area contributed by atoms with Crippen LogP contribution in [0.2, 0.25) is 0 Å². The predicted molar refractivity (Wildman–Crippen MR) is 80.5 cm³/mol. The van der Waals surface area contributed by atoms with Crippen LogP contribution in [-0.2, 0) is 6.54 Å². The number of aromatic nitrogens is 2. The first-order chi connectivity index (χ1) is 10.3. The molecule has 3 rings (SSSR count). The van der Waals surface area contributed by atoms with Gasteiger partial charge in [0.05, 0.1) is 12.2 Å². The van der Waals surface area contributed by atoms with Crippen molar-refractivity contribution in [3.05, 3.63) is 36.2 Å². The molecule has 2 heterocycles. The Bertz CT molecular complexity index is 516. The molecule has 1 aromatic rings. The zero-order valence-electron chi connectivity index (χ0n) is 12.3. The lowest BCUT2D eigenvalue weighted by atomic mass is 9.71. The number of rotatable bonds is 2. The topological polar surface area (TPSA) is 58.1 Å². The quantitative estimate of drug-likeness (QED) is 0.850. The number of allylic oxidation sites excluding steroid dienone is 2. The molecular formula is C16H22N4O. The summed E-state index contributed by atoms with van der Waals surface area (Å²) in [5, 5.41) is 10.8. The molecule has 1 unspecified atom stereocenters. The minimum absolute atomic E-state index is 0.0225. The highest BCUT2D eigenvalue weighted by Gasteiger charge is 2.36. The number of hydrogen-bond acceptors (Lipinski definition) is 3. The third kappa shape index (κ3) is 3.40. The number of nitrogens with zero attached hydrogens (tertiary/aromatic N) is 3. The molecule has 2 amide bonds. The van der Waals surface area contributed by atoms with Crippen LogP contribution in [-0.4, -0.2) is 34.2 Å². The molecular weight excluding hydrogens is 264 g/mol. The van der Waals surface area contributed by atoms with Gasteiger partial charge >= 0.3 is 6.03 Å². The lowest BCUT2D eigenvalue weighted by Crippen LogP contribution is -2.49. The van der Waals surface area contributed by atoms with E-state index in [0.29, 0.717) is 12.0 Å². The summed E-state index contributed by atoms with van der Waals surface area (Å²) >= 11 is 0. The number of carbonyl (C=O) groups is 1. The number of nitrogens with one attached hydrogen (secondary N) is 1. The molecule has 1 aromatic heterocycles. The first-order valence-corrected chi connectivity index (χ1v) is 7.72. The molecule has 5 heteroatoms. The van der Waals surface area contributed by atoms with E-state index in [1.54, 1.807) is 6.20 Å². The average Bonchev–Trinajstić information content (AvgIpc) is 2.54. The Morgan fingerprint density at radius 2 is 2.33 bits per heavy atom. The first-order valence-electron chi connectivity index (χ1n) is 7.72. The summed E-state index contributed by atoms with van der Waals surface area (Å²) in [7, 11) is 0. The summed E-state index contributed by atoms with van der Waals surface area (Å²) in [6.45, 7) is 2.18. The fourth-order valence-electron chi connectivity index (χ4n) is 3.40. The van der Waals surface area contributed by atoms with Gasteiger partial charge in [0.2, 0.25) is 0 Å². The van der Waals surface area contributed by atoms with Crippen molar-refractivity contribution < 1.29 is 4.79 Å². The van der Waals surface area contributed by atoms with Gasteiger partial charge in [-0.15, -0.1) is 0 Å². The maximum Gasteiger partial charge on any atom is 0.317 e. The van der Waals surface area contributed by atoms with Crippen molar-refractivity contribution in [1.82, 2.24) is 20.4 Å². The highest BCUT2D eigenvalue weighted by molar-refractivity contribution is 5.74. The highest BCUT2D eigenvalue weighted by Crippen LogP contribution is 2.40. The van der Waals surface area contributed by atoms with Crippen molar-refractivity contribution in [2.45, 2.75) is 38.6 Å². The maximum absolute atomic E-state index is 12.3. The van der Waals surface area contributed by atoms with Crippen LogP contribution in [0.15, 0.2) is 30.5 Å². The number of urea groups is 1. The molecule has 1 saturated heterocycles. The van der Waals surface area contributed by atoms with Crippen LogP contribution in [0, 0.1) is 5.41 Å².